The maximum absolute atomic E-state index is 12.6. The Balaban J connectivity index is 1.82. The van der Waals surface area contributed by atoms with E-state index in [1.807, 2.05) is 24.3 Å². The van der Waals surface area contributed by atoms with Crippen LogP contribution in [0.1, 0.15) is 37.0 Å². The van der Waals surface area contributed by atoms with Crippen LogP contribution < -0.4 is 0 Å². The van der Waals surface area contributed by atoms with E-state index in [4.69, 9.17) is 4.52 Å². The Labute approximate surface area is 136 Å². The van der Waals surface area contributed by atoms with E-state index < -0.39 is 17.9 Å². The van der Waals surface area contributed by atoms with Gasteiger partial charge in [0.15, 0.2) is 5.69 Å². The normalized spacial score (nSPS) is 13.2. The first kappa shape index (κ1) is 16.2. The molecule has 0 aliphatic heterocycles. The van der Waals surface area contributed by atoms with E-state index in [-0.39, 0.29) is 5.89 Å². The molecule has 0 N–H and O–H groups in total. The van der Waals surface area contributed by atoms with Gasteiger partial charge in [0.05, 0.1) is 0 Å². The molecule has 24 heavy (non-hydrogen) atoms. The molecule has 2 heterocycles. The second kappa shape index (κ2) is 6.10. The molecule has 0 aliphatic rings. The van der Waals surface area contributed by atoms with Gasteiger partial charge in [0.1, 0.15) is 6.04 Å². The fourth-order valence-electron chi connectivity index (χ4n) is 2.23. The highest BCUT2D eigenvalue weighted by Gasteiger charge is 2.34. The topological polar surface area (TPSA) is 56.7 Å². The highest BCUT2D eigenvalue weighted by molar-refractivity contribution is 5.54. The number of nitrogens with zero attached hydrogens (tertiary/aromatic N) is 4. The van der Waals surface area contributed by atoms with Crippen LogP contribution in [0.2, 0.25) is 0 Å². The van der Waals surface area contributed by atoms with Gasteiger partial charge in [-0.3, -0.25) is 4.68 Å². The summed E-state index contributed by atoms with van der Waals surface area (Å²) in [5, 5.41) is 7.42. The summed E-state index contributed by atoms with van der Waals surface area (Å²) in [7, 11) is 0. The number of hydrogen-bond acceptors (Lipinski definition) is 4. The van der Waals surface area contributed by atoms with Crippen LogP contribution in [-0.2, 0) is 12.6 Å². The number of benzene rings is 1. The van der Waals surface area contributed by atoms with Gasteiger partial charge in [0, 0.05) is 11.8 Å². The highest BCUT2D eigenvalue weighted by atomic mass is 19.4. The first-order valence-electron chi connectivity index (χ1n) is 7.43. The fraction of sp³-hybridized carbons (Fsp3) is 0.312. The summed E-state index contributed by atoms with van der Waals surface area (Å²) >= 11 is 0. The fourth-order valence-corrected chi connectivity index (χ4v) is 2.23. The Morgan fingerprint density at radius 3 is 2.46 bits per heavy atom. The average molecular weight is 336 g/mol. The molecular formula is C16H15F3N4O. The van der Waals surface area contributed by atoms with Crippen LogP contribution in [0.3, 0.4) is 0 Å². The van der Waals surface area contributed by atoms with Crippen LogP contribution >= 0.6 is 0 Å². The third-order valence-corrected chi connectivity index (χ3v) is 3.72. The molecule has 126 valence electrons. The van der Waals surface area contributed by atoms with E-state index in [1.165, 1.54) is 11.8 Å². The number of aryl methyl sites for hydroxylation is 1. The van der Waals surface area contributed by atoms with E-state index in [2.05, 4.69) is 22.2 Å². The monoisotopic (exact) mass is 336 g/mol. The molecule has 0 saturated heterocycles. The summed E-state index contributed by atoms with van der Waals surface area (Å²) in [5.41, 5.74) is 1.02. The zero-order chi connectivity index (χ0) is 17.3. The molecule has 5 nitrogen and oxygen atoms in total. The summed E-state index contributed by atoms with van der Waals surface area (Å²) in [6.45, 7) is 3.70. The van der Waals surface area contributed by atoms with Crippen molar-refractivity contribution in [3.05, 3.63) is 53.7 Å². The molecule has 8 heteroatoms. The maximum Gasteiger partial charge on any atom is 0.435 e. The first-order chi connectivity index (χ1) is 11.4. The van der Waals surface area contributed by atoms with Crippen LogP contribution in [-0.4, -0.2) is 19.9 Å². The van der Waals surface area contributed by atoms with Crippen molar-refractivity contribution < 1.29 is 17.7 Å². The van der Waals surface area contributed by atoms with Gasteiger partial charge in [-0.1, -0.05) is 36.3 Å². The molecule has 1 unspecified atom stereocenters. The van der Waals surface area contributed by atoms with Gasteiger partial charge in [0.2, 0.25) is 5.82 Å². The molecular weight excluding hydrogens is 321 g/mol. The Bertz CT molecular complexity index is 820. The standard InChI is InChI=1S/C16H15F3N4O/c1-3-11-4-6-12(7-5-11)14-20-15(24-22-14)10(2)23-9-8-13(21-23)16(17,18)19/h4-10H,3H2,1-2H3. The Morgan fingerprint density at radius 2 is 1.88 bits per heavy atom. The third kappa shape index (κ3) is 3.17. The average Bonchev–Trinajstić information content (AvgIpc) is 3.23. The number of rotatable bonds is 4. The molecule has 0 saturated carbocycles. The van der Waals surface area contributed by atoms with Crippen molar-refractivity contribution in [2.45, 2.75) is 32.5 Å². The zero-order valence-corrected chi connectivity index (χ0v) is 13.1. The molecule has 0 fully saturated rings. The summed E-state index contributed by atoms with van der Waals surface area (Å²) in [6, 6.07) is 8.02. The van der Waals surface area contributed by atoms with E-state index >= 15 is 0 Å². The highest BCUT2D eigenvalue weighted by Crippen LogP contribution is 2.29. The van der Waals surface area contributed by atoms with Crippen LogP contribution in [0.4, 0.5) is 13.2 Å². The largest absolute Gasteiger partial charge is 0.435 e. The van der Waals surface area contributed by atoms with Crippen LogP contribution in [0.15, 0.2) is 41.1 Å². The number of hydrogen-bond donors (Lipinski definition) is 0. The minimum atomic E-state index is -4.48. The molecule has 0 spiro atoms. The first-order valence-corrected chi connectivity index (χ1v) is 7.43. The molecule has 0 bridgehead atoms. The maximum atomic E-state index is 12.6. The van der Waals surface area contributed by atoms with E-state index in [1.54, 1.807) is 6.92 Å². The van der Waals surface area contributed by atoms with Crippen LogP contribution in [0, 0.1) is 0 Å². The molecule has 3 rings (SSSR count). The van der Waals surface area contributed by atoms with Crippen LogP contribution in [0.25, 0.3) is 11.4 Å². The second-order valence-corrected chi connectivity index (χ2v) is 5.36. The van der Waals surface area contributed by atoms with Gasteiger partial charge in [-0.25, -0.2) is 0 Å². The third-order valence-electron chi connectivity index (χ3n) is 3.72. The van der Waals surface area contributed by atoms with Gasteiger partial charge in [0.25, 0.3) is 5.89 Å². The predicted molar refractivity (Wildman–Crippen MR) is 80.2 cm³/mol. The van der Waals surface area contributed by atoms with Crippen molar-refractivity contribution in [2.24, 2.45) is 0 Å². The summed E-state index contributed by atoms with van der Waals surface area (Å²) in [4.78, 5) is 4.26. The van der Waals surface area contributed by atoms with Crippen molar-refractivity contribution >= 4 is 0 Å². The van der Waals surface area contributed by atoms with E-state index in [9.17, 15) is 13.2 Å². The SMILES string of the molecule is CCc1ccc(-c2noc(C(C)n3ccc(C(F)(F)F)n3)n2)cc1. The molecule has 0 amide bonds. The number of alkyl halides is 3. The summed E-state index contributed by atoms with van der Waals surface area (Å²) < 4.78 is 44.2. The van der Waals surface area contributed by atoms with Crippen molar-refractivity contribution in [3.63, 3.8) is 0 Å². The Morgan fingerprint density at radius 1 is 1.17 bits per heavy atom. The van der Waals surface area contributed by atoms with Gasteiger partial charge < -0.3 is 4.52 Å². The predicted octanol–water partition coefficient (Wildman–Crippen LogP) is 4.12. The number of halogens is 3. The summed E-state index contributed by atoms with van der Waals surface area (Å²) in [6.07, 6.45) is -2.31. The molecule has 1 aromatic carbocycles. The minimum Gasteiger partial charge on any atom is -0.337 e. The molecule has 0 aliphatic carbocycles. The lowest BCUT2D eigenvalue weighted by Crippen LogP contribution is -2.11. The summed E-state index contributed by atoms with van der Waals surface area (Å²) in [5.74, 6) is 0.587. The van der Waals surface area contributed by atoms with Gasteiger partial charge in [-0.2, -0.15) is 23.3 Å². The zero-order valence-electron chi connectivity index (χ0n) is 13.1. The molecule has 2 aromatic heterocycles. The Hall–Kier alpha value is -2.64. The number of aromatic nitrogens is 4. The lowest BCUT2D eigenvalue weighted by atomic mass is 10.1. The van der Waals surface area contributed by atoms with Gasteiger partial charge in [-0.15, -0.1) is 0 Å². The van der Waals surface area contributed by atoms with Crippen LogP contribution in [0.5, 0.6) is 0 Å². The lowest BCUT2D eigenvalue weighted by Gasteiger charge is -2.07. The molecule has 3 aromatic rings. The lowest BCUT2D eigenvalue weighted by molar-refractivity contribution is -0.141. The Kier molecular flexibility index (Phi) is 4.13. The van der Waals surface area contributed by atoms with Crippen molar-refractivity contribution in [1.29, 1.82) is 0 Å². The second-order valence-electron chi connectivity index (χ2n) is 5.36. The smallest absolute Gasteiger partial charge is 0.337 e. The van der Waals surface area contributed by atoms with E-state index in [0.29, 0.717) is 5.82 Å². The van der Waals surface area contributed by atoms with Gasteiger partial charge >= 0.3 is 6.18 Å². The minimum absolute atomic E-state index is 0.196. The van der Waals surface area contributed by atoms with Crippen molar-refractivity contribution in [1.82, 2.24) is 19.9 Å². The quantitative estimate of drug-likeness (QED) is 0.719. The molecule has 1 atom stereocenters. The van der Waals surface area contributed by atoms with E-state index in [0.717, 1.165) is 22.7 Å². The molecule has 0 radical (unpaired) electrons. The van der Waals surface area contributed by atoms with Crippen molar-refractivity contribution in [3.8, 4) is 11.4 Å². The van der Waals surface area contributed by atoms with Crippen molar-refractivity contribution in [2.75, 3.05) is 0 Å². The van der Waals surface area contributed by atoms with Gasteiger partial charge in [-0.05, 0) is 25.0 Å².